The second-order valence-electron chi connectivity index (χ2n) is 6.57. The molecular formula is C18H24N6OS. The van der Waals surface area contributed by atoms with Gasteiger partial charge in [0.05, 0.1) is 25.1 Å². The second-order valence-corrected chi connectivity index (χ2v) is 7.53. The van der Waals surface area contributed by atoms with Gasteiger partial charge < -0.3 is 15.0 Å². The van der Waals surface area contributed by atoms with E-state index >= 15 is 0 Å². The zero-order chi connectivity index (χ0) is 17.9. The van der Waals surface area contributed by atoms with Crippen molar-refractivity contribution in [3.05, 3.63) is 30.5 Å². The van der Waals surface area contributed by atoms with E-state index in [0.29, 0.717) is 0 Å². The number of benzene rings is 1. The minimum absolute atomic E-state index is 0.834. The van der Waals surface area contributed by atoms with Gasteiger partial charge in [0.1, 0.15) is 0 Å². The molecule has 2 aromatic heterocycles. The standard InChI is InChI=1S/C18H24N6OS/c1-22(2)15-5-3-4-14(12-15)16-13-20-18-24(16)21-17(26-18)19-6-7-23-8-10-25-11-9-23/h3-5,12-13H,6-11H2,1-2H3,(H,19,21). The molecule has 1 aromatic carbocycles. The Balaban J connectivity index is 1.47. The van der Waals surface area contributed by atoms with Gasteiger partial charge in [-0.2, -0.15) is 0 Å². The van der Waals surface area contributed by atoms with Crippen molar-refractivity contribution in [1.82, 2.24) is 19.5 Å². The summed E-state index contributed by atoms with van der Waals surface area (Å²) in [5.74, 6) is 0. The van der Waals surface area contributed by atoms with Crippen molar-refractivity contribution < 1.29 is 4.74 Å². The van der Waals surface area contributed by atoms with Crippen LogP contribution in [0, 0.1) is 0 Å². The predicted molar refractivity (Wildman–Crippen MR) is 106 cm³/mol. The summed E-state index contributed by atoms with van der Waals surface area (Å²) in [5, 5.41) is 9.05. The Morgan fingerprint density at radius 3 is 2.92 bits per heavy atom. The molecule has 0 radical (unpaired) electrons. The minimum Gasteiger partial charge on any atom is -0.379 e. The van der Waals surface area contributed by atoms with E-state index in [4.69, 9.17) is 9.84 Å². The molecule has 4 rings (SSSR count). The molecule has 1 N–H and O–H groups in total. The Morgan fingerprint density at radius 1 is 1.27 bits per heavy atom. The maximum absolute atomic E-state index is 5.39. The number of nitrogens with one attached hydrogen (secondary N) is 1. The molecule has 0 aliphatic carbocycles. The molecule has 8 heteroatoms. The van der Waals surface area contributed by atoms with Gasteiger partial charge in [0, 0.05) is 51.5 Å². The van der Waals surface area contributed by atoms with Crippen molar-refractivity contribution in [2.24, 2.45) is 0 Å². The molecule has 1 aliphatic rings. The minimum atomic E-state index is 0.834. The van der Waals surface area contributed by atoms with Crippen LogP contribution in [-0.2, 0) is 4.74 Å². The Hall–Kier alpha value is -2.16. The highest BCUT2D eigenvalue weighted by Crippen LogP contribution is 2.28. The molecule has 1 saturated heterocycles. The average Bonchev–Trinajstić information content (AvgIpc) is 3.23. The maximum Gasteiger partial charge on any atom is 0.214 e. The monoisotopic (exact) mass is 372 g/mol. The maximum atomic E-state index is 5.39. The lowest BCUT2D eigenvalue weighted by atomic mass is 10.1. The summed E-state index contributed by atoms with van der Waals surface area (Å²) in [4.78, 5) is 9.94. The van der Waals surface area contributed by atoms with Gasteiger partial charge >= 0.3 is 0 Å². The SMILES string of the molecule is CN(C)c1cccc(-c2cnc3sc(NCCN4CCOCC4)nn23)c1. The van der Waals surface area contributed by atoms with Crippen LogP contribution in [0.4, 0.5) is 10.8 Å². The summed E-state index contributed by atoms with van der Waals surface area (Å²) in [5.41, 5.74) is 3.30. The van der Waals surface area contributed by atoms with E-state index < -0.39 is 0 Å². The summed E-state index contributed by atoms with van der Waals surface area (Å²) < 4.78 is 7.31. The number of hydrogen-bond donors (Lipinski definition) is 1. The van der Waals surface area contributed by atoms with Crippen LogP contribution in [0.2, 0.25) is 0 Å². The van der Waals surface area contributed by atoms with Gasteiger partial charge in [0.25, 0.3) is 0 Å². The Labute approximate surface area is 157 Å². The van der Waals surface area contributed by atoms with Crippen molar-refractivity contribution in [3.8, 4) is 11.3 Å². The summed E-state index contributed by atoms with van der Waals surface area (Å²) in [6.07, 6.45) is 1.89. The first-order valence-electron chi connectivity index (χ1n) is 8.87. The first-order valence-corrected chi connectivity index (χ1v) is 9.69. The molecule has 3 heterocycles. The third-order valence-corrected chi connectivity index (χ3v) is 5.43. The van der Waals surface area contributed by atoms with E-state index in [1.165, 1.54) is 0 Å². The number of anilines is 2. The van der Waals surface area contributed by atoms with Crippen molar-refractivity contribution in [2.75, 3.05) is 63.7 Å². The lowest BCUT2D eigenvalue weighted by Crippen LogP contribution is -2.39. The van der Waals surface area contributed by atoms with Crippen molar-refractivity contribution in [3.63, 3.8) is 0 Å². The molecule has 0 spiro atoms. The Morgan fingerprint density at radius 2 is 2.12 bits per heavy atom. The predicted octanol–water partition coefficient (Wildman–Crippen LogP) is 2.27. The molecule has 0 atom stereocenters. The van der Waals surface area contributed by atoms with Gasteiger partial charge in [-0.15, -0.1) is 5.10 Å². The largest absolute Gasteiger partial charge is 0.379 e. The molecule has 1 aliphatic heterocycles. The highest BCUT2D eigenvalue weighted by atomic mass is 32.1. The van der Waals surface area contributed by atoms with Crippen molar-refractivity contribution in [1.29, 1.82) is 0 Å². The third kappa shape index (κ3) is 3.67. The van der Waals surface area contributed by atoms with Crippen LogP contribution in [0.1, 0.15) is 0 Å². The first kappa shape index (κ1) is 17.3. The smallest absolute Gasteiger partial charge is 0.214 e. The van der Waals surface area contributed by atoms with Crippen LogP contribution in [0.5, 0.6) is 0 Å². The number of imidazole rings is 1. The first-order chi connectivity index (χ1) is 12.7. The summed E-state index contributed by atoms with van der Waals surface area (Å²) >= 11 is 1.59. The molecular weight excluding hydrogens is 348 g/mol. The van der Waals surface area contributed by atoms with Crippen LogP contribution in [-0.4, -0.2) is 73.0 Å². The third-order valence-electron chi connectivity index (χ3n) is 4.55. The number of morpholine rings is 1. The Bertz CT molecular complexity index is 868. The van der Waals surface area contributed by atoms with Crippen LogP contribution < -0.4 is 10.2 Å². The quantitative estimate of drug-likeness (QED) is 0.716. The number of ether oxygens (including phenoxy) is 1. The van der Waals surface area contributed by atoms with E-state index in [0.717, 1.165) is 66.4 Å². The fourth-order valence-corrected chi connectivity index (χ4v) is 3.85. The van der Waals surface area contributed by atoms with E-state index in [2.05, 4.69) is 44.4 Å². The van der Waals surface area contributed by atoms with Gasteiger partial charge in [-0.1, -0.05) is 23.5 Å². The van der Waals surface area contributed by atoms with Gasteiger partial charge in [0.2, 0.25) is 10.1 Å². The topological polar surface area (TPSA) is 57.9 Å². The zero-order valence-electron chi connectivity index (χ0n) is 15.2. The van der Waals surface area contributed by atoms with E-state index in [1.807, 2.05) is 24.8 Å². The van der Waals surface area contributed by atoms with Gasteiger partial charge in [-0.05, 0) is 12.1 Å². The molecule has 0 unspecified atom stereocenters. The highest BCUT2D eigenvalue weighted by molar-refractivity contribution is 7.20. The molecule has 0 saturated carbocycles. The molecule has 7 nitrogen and oxygen atoms in total. The van der Waals surface area contributed by atoms with Crippen molar-refractivity contribution in [2.45, 2.75) is 0 Å². The summed E-state index contributed by atoms with van der Waals surface area (Å²) in [6.45, 7) is 5.57. The number of fused-ring (bicyclic) bond motifs is 1. The van der Waals surface area contributed by atoms with Gasteiger partial charge in [-0.25, -0.2) is 9.50 Å². The summed E-state index contributed by atoms with van der Waals surface area (Å²) in [6, 6.07) is 8.43. The summed E-state index contributed by atoms with van der Waals surface area (Å²) in [7, 11) is 4.09. The van der Waals surface area contributed by atoms with E-state index in [-0.39, 0.29) is 0 Å². The average molecular weight is 372 g/mol. The lowest BCUT2D eigenvalue weighted by molar-refractivity contribution is 0.0398. The molecule has 26 heavy (non-hydrogen) atoms. The van der Waals surface area contributed by atoms with Crippen molar-refractivity contribution >= 4 is 27.1 Å². The molecule has 0 bridgehead atoms. The van der Waals surface area contributed by atoms with Crippen LogP contribution in [0.3, 0.4) is 0 Å². The van der Waals surface area contributed by atoms with Crippen LogP contribution >= 0.6 is 11.3 Å². The molecule has 138 valence electrons. The fourth-order valence-electron chi connectivity index (χ4n) is 3.05. The van der Waals surface area contributed by atoms with Gasteiger partial charge in [0.15, 0.2) is 0 Å². The van der Waals surface area contributed by atoms with E-state index in [1.54, 1.807) is 11.3 Å². The van der Waals surface area contributed by atoms with Crippen LogP contribution in [0.15, 0.2) is 30.5 Å². The zero-order valence-corrected chi connectivity index (χ0v) is 16.0. The number of hydrogen-bond acceptors (Lipinski definition) is 7. The second kappa shape index (κ2) is 7.61. The van der Waals surface area contributed by atoms with E-state index in [9.17, 15) is 0 Å². The molecule has 0 amide bonds. The highest BCUT2D eigenvalue weighted by Gasteiger charge is 2.13. The van der Waals surface area contributed by atoms with Crippen LogP contribution in [0.25, 0.3) is 16.2 Å². The Kier molecular flexibility index (Phi) is 5.05. The number of nitrogens with zero attached hydrogens (tertiary/aromatic N) is 5. The fraction of sp³-hybridized carbons (Fsp3) is 0.444. The number of aromatic nitrogens is 3. The molecule has 3 aromatic rings. The molecule has 1 fully saturated rings. The number of rotatable bonds is 6. The normalized spacial score (nSPS) is 15.5. The van der Waals surface area contributed by atoms with Gasteiger partial charge in [-0.3, -0.25) is 4.90 Å². The lowest BCUT2D eigenvalue weighted by Gasteiger charge is -2.26.